The quantitative estimate of drug-likeness (QED) is 0.415. The van der Waals surface area contributed by atoms with Gasteiger partial charge in [0.15, 0.2) is 11.4 Å². The Bertz CT molecular complexity index is 1290. The van der Waals surface area contributed by atoms with E-state index in [2.05, 4.69) is 4.98 Å². The first-order valence-corrected chi connectivity index (χ1v) is 10.3. The van der Waals surface area contributed by atoms with Crippen molar-refractivity contribution >= 4 is 44.7 Å². The number of pyridine rings is 1. The van der Waals surface area contributed by atoms with E-state index in [1.165, 1.54) is 39.8 Å². The molecule has 27 heavy (non-hydrogen) atoms. The molecular weight excluding hydrogens is 380 g/mol. The third-order valence-electron chi connectivity index (χ3n) is 4.64. The number of thiophene rings is 1. The average Bonchev–Trinajstić information content (AvgIpc) is 2.95. The van der Waals surface area contributed by atoms with Crippen molar-refractivity contribution in [3.05, 3.63) is 68.4 Å². The second kappa shape index (κ2) is 6.51. The van der Waals surface area contributed by atoms with Crippen LogP contribution in [0.3, 0.4) is 0 Å². The van der Waals surface area contributed by atoms with Gasteiger partial charge in [0.25, 0.3) is 5.56 Å². The highest BCUT2D eigenvalue weighted by Gasteiger charge is 2.19. The van der Waals surface area contributed by atoms with Crippen LogP contribution in [0.5, 0.6) is 5.75 Å². The number of hydrogen-bond donors (Lipinski definition) is 1. The van der Waals surface area contributed by atoms with Crippen molar-refractivity contribution in [2.24, 2.45) is 0 Å². The van der Waals surface area contributed by atoms with Gasteiger partial charge in [-0.15, -0.1) is 23.1 Å². The van der Waals surface area contributed by atoms with E-state index in [0.29, 0.717) is 21.4 Å². The van der Waals surface area contributed by atoms with E-state index in [0.717, 1.165) is 15.3 Å². The molecule has 0 radical (unpaired) electrons. The zero-order valence-electron chi connectivity index (χ0n) is 14.9. The number of aromatic hydroxyl groups is 1. The molecule has 0 aliphatic heterocycles. The molecule has 0 fully saturated rings. The molecule has 0 amide bonds. The fourth-order valence-corrected chi connectivity index (χ4v) is 4.67. The zero-order chi connectivity index (χ0) is 19.3. The fourth-order valence-electron chi connectivity index (χ4n) is 3.08. The normalized spacial score (nSPS) is 11.4. The van der Waals surface area contributed by atoms with Crippen LogP contribution in [0.25, 0.3) is 15.9 Å². The Hall–Kier alpha value is -2.64. The van der Waals surface area contributed by atoms with Crippen molar-refractivity contribution in [2.75, 3.05) is 6.26 Å². The first-order chi connectivity index (χ1) is 12.9. The smallest absolute Gasteiger partial charge is 0.266 e. The Kier molecular flexibility index (Phi) is 4.28. The minimum absolute atomic E-state index is 0.0847. The summed E-state index contributed by atoms with van der Waals surface area (Å²) in [5.74, 6) is -0.422. The van der Waals surface area contributed by atoms with Crippen LogP contribution in [0.4, 0.5) is 0 Å². The first-order valence-electron chi connectivity index (χ1n) is 8.25. The van der Waals surface area contributed by atoms with Gasteiger partial charge in [0.05, 0.1) is 15.8 Å². The van der Waals surface area contributed by atoms with E-state index in [4.69, 9.17) is 0 Å². The maximum atomic E-state index is 13.1. The lowest BCUT2D eigenvalue weighted by Gasteiger charge is -2.10. The lowest BCUT2D eigenvalue weighted by atomic mass is 10.0. The lowest BCUT2D eigenvalue weighted by molar-refractivity contribution is 0.103. The summed E-state index contributed by atoms with van der Waals surface area (Å²) in [6.07, 6.45) is 3.40. The Morgan fingerprint density at radius 2 is 2.00 bits per heavy atom. The molecule has 0 unspecified atom stereocenters. The number of thioether (sulfide) groups is 1. The maximum absolute atomic E-state index is 13.1. The van der Waals surface area contributed by atoms with Crippen LogP contribution in [0.15, 0.2) is 46.2 Å². The molecule has 0 saturated heterocycles. The number of phenols is 1. The number of carbonyl (C=O) groups excluding carboxylic acids is 1. The van der Waals surface area contributed by atoms with E-state index in [1.54, 1.807) is 24.3 Å². The predicted octanol–water partition coefficient (Wildman–Crippen LogP) is 4.18. The van der Waals surface area contributed by atoms with Gasteiger partial charge < -0.3 is 5.11 Å². The highest BCUT2D eigenvalue weighted by Crippen LogP contribution is 2.30. The summed E-state index contributed by atoms with van der Waals surface area (Å²) in [4.78, 5) is 33.2. The second-order valence-electron chi connectivity index (χ2n) is 6.22. The molecule has 0 saturated carbocycles. The monoisotopic (exact) mass is 396 g/mol. The summed E-state index contributed by atoms with van der Waals surface area (Å²) in [6.45, 7) is 3.88. The number of ketones is 1. The van der Waals surface area contributed by atoms with Crippen LogP contribution in [0.2, 0.25) is 0 Å². The predicted molar refractivity (Wildman–Crippen MR) is 110 cm³/mol. The van der Waals surface area contributed by atoms with Crippen molar-refractivity contribution in [1.29, 1.82) is 0 Å². The van der Waals surface area contributed by atoms with Gasteiger partial charge in [-0.1, -0.05) is 12.1 Å². The van der Waals surface area contributed by atoms with Crippen LogP contribution in [-0.4, -0.2) is 26.5 Å². The Balaban J connectivity index is 2.04. The van der Waals surface area contributed by atoms with E-state index in [9.17, 15) is 14.7 Å². The van der Waals surface area contributed by atoms with Crippen LogP contribution in [0, 0.1) is 13.8 Å². The van der Waals surface area contributed by atoms with Crippen LogP contribution in [-0.2, 0) is 0 Å². The van der Waals surface area contributed by atoms with Crippen LogP contribution < -0.4 is 5.56 Å². The molecule has 1 aromatic carbocycles. The Morgan fingerprint density at radius 1 is 1.26 bits per heavy atom. The number of carbonyl (C=O) groups is 1. The van der Waals surface area contributed by atoms with Gasteiger partial charge >= 0.3 is 0 Å². The number of rotatable bonds is 3. The molecular formula is C20H16N2O3S2. The summed E-state index contributed by atoms with van der Waals surface area (Å²) < 4.78 is 1.44. The standard InChI is InChI=1S/C20H16N2O3S2/c1-10-11(2)27-19-16(10)20(25)22-9-12(8-15(26-3)18(22)21-19)17(24)13-6-4-5-7-14(13)23/h4-9,23H,1-3H3. The summed E-state index contributed by atoms with van der Waals surface area (Å²) in [7, 11) is 0. The Labute approximate surface area is 163 Å². The minimum Gasteiger partial charge on any atom is -0.507 e. The third kappa shape index (κ3) is 2.74. The fraction of sp³-hybridized carbons (Fsp3) is 0.150. The van der Waals surface area contributed by atoms with Crippen LogP contribution >= 0.6 is 23.1 Å². The largest absolute Gasteiger partial charge is 0.507 e. The molecule has 3 heterocycles. The van der Waals surface area contributed by atoms with Crippen molar-refractivity contribution in [3.8, 4) is 5.75 Å². The second-order valence-corrected chi connectivity index (χ2v) is 8.27. The number of benzene rings is 1. The van der Waals surface area contributed by atoms with Gasteiger partial charge in [0.2, 0.25) is 0 Å². The van der Waals surface area contributed by atoms with Crippen LogP contribution in [0.1, 0.15) is 26.4 Å². The molecule has 4 aromatic rings. The van der Waals surface area contributed by atoms with Gasteiger partial charge in [-0.25, -0.2) is 4.98 Å². The van der Waals surface area contributed by atoms with Gasteiger partial charge in [-0.2, -0.15) is 0 Å². The third-order valence-corrected chi connectivity index (χ3v) is 6.48. The number of para-hydroxylation sites is 1. The summed E-state index contributed by atoms with van der Waals surface area (Å²) >= 11 is 2.93. The minimum atomic E-state index is -0.337. The molecule has 136 valence electrons. The van der Waals surface area contributed by atoms with Gasteiger partial charge in [-0.05, 0) is 43.9 Å². The first kappa shape index (κ1) is 17.8. The molecule has 0 aliphatic rings. The van der Waals surface area contributed by atoms with Gasteiger partial charge in [0.1, 0.15) is 10.6 Å². The molecule has 0 bridgehead atoms. The number of nitrogens with zero attached hydrogens (tertiary/aromatic N) is 2. The summed E-state index contributed by atoms with van der Waals surface area (Å²) in [5.41, 5.74) is 1.81. The Morgan fingerprint density at radius 3 is 2.70 bits per heavy atom. The van der Waals surface area contributed by atoms with E-state index in [1.807, 2.05) is 20.1 Å². The lowest BCUT2D eigenvalue weighted by Crippen LogP contribution is -2.17. The highest BCUT2D eigenvalue weighted by molar-refractivity contribution is 7.98. The molecule has 5 nitrogen and oxygen atoms in total. The van der Waals surface area contributed by atoms with Crippen molar-refractivity contribution in [1.82, 2.24) is 9.38 Å². The zero-order valence-corrected chi connectivity index (χ0v) is 16.6. The SMILES string of the molecule is CSc1cc(C(=O)c2ccccc2O)cn2c(=O)c3c(C)c(C)sc3nc12. The molecule has 4 rings (SSSR count). The number of phenolic OH excluding ortho intramolecular Hbond substituents is 1. The molecule has 7 heteroatoms. The molecule has 3 aromatic heterocycles. The van der Waals surface area contributed by atoms with E-state index >= 15 is 0 Å². The topological polar surface area (TPSA) is 71.7 Å². The van der Waals surface area contributed by atoms with Crippen molar-refractivity contribution in [2.45, 2.75) is 18.7 Å². The molecule has 1 N–H and O–H groups in total. The molecule has 0 atom stereocenters. The summed E-state index contributed by atoms with van der Waals surface area (Å²) in [6, 6.07) is 8.11. The number of aryl methyl sites for hydroxylation is 2. The maximum Gasteiger partial charge on any atom is 0.266 e. The number of hydrogen-bond acceptors (Lipinski definition) is 6. The number of fused-ring (bicyclic) bond motifs is 2. The number of aromatic nitrogens is 2. The van der Waals surface area contributed by atoms with E-state index in [-0.39, 0.29) is 22.7 Å². The van der Waals surface area contributed by atoms with Gasteiger partial charge in [-0.3, -0.25) is 14.0 Å². The highest BCUT2D eigenvalue weighted by atomic mass is 32.2. The summed E-state index contributed by atoms with van der Waals surface area (Å²) in [5, 5.41) is 10.6. The van der Waals surface area contributed by atoms with E-state index < -0.39 is 0 Å². The average molecular weight is 396 g/mol. The van der Waals surface area contributed by atoms with Crippen molar-refractivity contribution < 1.29 is 9.90 Å². The molecule has 0 spiro atoms. The van der Waals surface area contributed by atoms with Crippen molar-refractivity contribution in [3.63, 3.8) is 0 Å². The van der Waals surface area contributed by atoms with Gasteiger partial charge in [0, 0.05) is 16.6 Å². The molecule has 0 aliphatic carbocycles.